The summed E-state index contributed by atoms with van der Waals surface area (Å²) >= 11 is 0. The van der Waals surface area contributed by atoms with E-state index < -0.39 is 0 Å². The molecule has 30 heavy (non-hydrogen) atoms. The number of aromatic amines is 1. The van der Waals surface area contributed by atoms with Gasteiger partial charge in [-0.15, -0.1) is 0 Å². The van der Waals surface area contributed by atoms with Crippen LogP contribution in [0.2, 0.25) is 0 Å². The van der Waals surface area contributed by atoms with Crippen molar-refractivity contribution < 1.29 is 9.15 Å². The molecule has 0 bridgehead atoms. The van der Waals surface area contributed by atoms with Crippen molar-refractivity contribution in [2.75, 3.05) is 36.5 Å². The number of fused-ring (bicyclic) bond motifs is 1. The number of pyridine rings is 1. The molecule has 2 N–H and O–H groups in total. The van der Waals surface area contributed by atoms with Crippen LogP contribution in [-0.2, 0) is 24.1 Å². The molecule has 7 nitrogen and oxygen atoms in total. The second-order valence-electron chi connectivity index (χ2n) is 7.44. The molecule has 7 heteroatoms. The Kier molecular flexibility index (Phi) is 5.35. The molecule has 1 fully saturated rings. The molecule has 1 saturated heterocycles. The summed E-state index contributed by atoms with van der Waals surface area (Å²) in [5, 5.41) is 3.52. The van der Waals surface area contributed by atoms with E-state index in [0.717, 1.165) is 74.1 Å². The number of ether oxygens (including phenoxy) is 1. The highest BCUT2D eigenvalue weighted by Crippen LogP contribution is 2.22. The Hall–Kier alpha value is -3.32. The Labute approximate surface area is 175 Å². The molecule has 5 rings (SSSR count). The molecule has 0 atom stereocenters. The largest absolute Gasteiger partial charge is 0.469 e. The SMILES string of the molecule is c1coc(CCc2nc3nccc(NCc4ccc(N5CCOCC5)cc4)c3[nH]2)c1. The summed E-state index contributed by atoms with van der Waals surface area (Å²) in [4.78, 5) is 14.8. The summed E-state index contributed by atoms with van der Waals surface area (Å²) in [5.41, 5.74) is 5.17. The maximum absolute atomic E-state index is 5.43. The van der Waals surface area contributed by atoms with Gasteiger partial charge in [0.25, 0.3) is 0 Å². The van der Waals surface area contributed by atoms with Crippen molar-refractivity contribution in [1.29, 1.82) is 0 Å². The predicted octanol–water partition coefficient (Wildman–Crippen LogP) is 3.78. The first-order valence-electron chi connectivity index (χ1n) is 10.4. The lowest BCUT2D eigenvalue weighted by Gasteiger charge is -2.28. The number of benzene rings is 1. The number of imidazole rings is 1. The van der Waals surface area contributed by atoms with E-state index in [9.17, 15) is 0 Å². The number of H-pyrrole nitrogens is 1. The number of furan rings is 1. The van der Waals surface area contributed by atoms with Gasteiger partial charge in [-0.1, -0.05) is 12.1 Å². The van der Waals surface area contributed by atoms with Crippen LogP contribution in [0.25, 0.3) is 11.2 Å². The minimum Gasteiger partial charge on any atom is -0.469 e. The van der Waals surface area contributed by atoms with Crippen LogP contribution in [-0.4, -0.2) is 41.3 Å². The molecule has 0 saturated carbocycles. The molecule has 0 spiro atoms. The van der Waals surface area contributed by atoms with Gasteiger partial charge in [-0.25, -0.2) is 9.97 Å². The number of nitrogens with zero attached hydrogens (tertiary/aromatic N) is 3. The van der Waals surface area contributed by atoms with E-state index in [2.05, 4.69) is 49.4 Å². The summed E-state index contributed by atoms with van der Waals surface area (Å²) in [6.07, 6.45) is 5.09. The van der Waals surface area contributed by atoms with Gasteiger partial charge in [0, 0.05) is 44.4 Å². The van der Waals surface area contributed by atoms with Crippen molar-refractivity contribution in [2.45, 2.75) is 19.4 Å². The third-order valence-corrected chi connectivity index (χ3v) is 5.42. The third-order valence-electron chi connectivity index (χ3n) is 5.42. The first kappa shape index (κ1) is 18.7. The summed E-state index contributed by atoms with van der Waals surface area (Å²) in [5.74, 6) is 1.88. The topological polar surface area (TPSA) is 79.2 Å². The van der Waals surface area contributed by atoms with E-state index in [-0.39, 0.29) is 0 Å². The van der Waals surface area contributed by atoms with Crippen molar-refractivity contribution in [2.24, 2.45) is 0 Å². The van der Waals surface area contributed by atoms with E-state index in [0.29, 0.717) is 0 Å². The molecule has 1 aliphatic rings. The number of morpholine rings is 1. The van der Waals surface area contributed by atoms with Crippen LogP contribution in [0, 0.1) is 0 Å². The van der Waals surface area contributed by atoms with Gasteiger partial charge in [0.1, 0.15) is 17.1 Å². The zero-order valence-electron chi connectivity index (χ0n) is 16.8. The van der Waals surface area contributed by atoms with Crippen LogP contribution in [0.4, 0.5) is 11.4 Å². The number of aryl methyl sites for hydroxylation is 2. The highest BCUT2D eigenvalue weighted by molar-refractivity contribution is 5.85. The molecule has 154 valence electrons. The molecule has 0 amide bonds. The van der Waals surface area contributed by atoms with E-state index >= 15 is 0 Å². The molecular formula is C23H25N5O2. The summed E-state index contributed by atoms with van der Waals surface area (Å²) in [6, 6.07) is 14.6. The van der Waals surface area contributed by atoms with Crippen LogP contribution < -0.4 is 10.2 Å². The van der Waals surface area contributed by atoms with Crippen molar-refractivity contribution >= 4 is 22.5 Å². The zero-order chi connectivity index (χ0) is 20.2. The van der Waals surface area contributed by atoms with Crippen LogP contribution in [0.15, 0.2) is 59.3 Å². The van der Waals surface area contributed by atoms with Crippen molar-refractivity contribution in [3.05, 3.63) is 72.1 Å². The smallest absolute Gasteiger partial charge is 0.179 e. The van der Waals surface area contributed by atoms with Gasteiger partial charge in [-0.05, 0) is 35.9 Å². The van der Waals surface area contributed by atoms with Gasteiger partial charge in [-0.3, -0.25) is 0 Å². The molecule has 3 aromatic heterocycles. The number of hydrogen-bond acceptors (Lipinski definition) is 6. The average molecular weight is 403 g/mol. The molecule has 4 heterocycles. The maximum atomic E-state index is 5.43. The highest BCUT2D eigenvalue weighted by Gasteiger charge is 2.12. The normalized spacial score (nSPS) is 14.3. The van der Waals surface area contributed by atoms with Gasteiger partial charge in [0.2, 0.25) is 0 Å². The third kappa shape index (κ3) is 4.16. The number of nitrogens with one attached hydrogen (secondary N) is 2. The number of anilines is 2. The minimum atomic E-state index is 0.733. The first-order chi connectivity index (χ1) is 14.8. The molecule has 1 aliphatic heterocycles. The van der Waals surface area contributed by atoms with Crippen LogP contribution >= 0.6 is 0 Å². The Bertz CT molecular complexity index is 1080. The second kappa shape index (κ2) is 8.59. The predicted molar refractivity (Wildman–Crippen MR) is 117 cm³/mol. The van der Waals surface area contributed by atoms with Gasteiger partial charge >= 0.3 is 0 Å². The molecule has 1 aromatic carbocycles. The van der Waals surface area contributed by atoms with Crippen molar-refractivity contribution in [3.63, 3.8) is 0 Å². The zero-order valence-corrected chi connectivity index (χ0v) is 16.8. The maximum Gasteiger partial charge on any atom is 0.179 e. The molecule has 0 aliphatic carbocycles. The number of aromatic nitrogens is 3. The Morgan fingerprint density at radius 3 is 2.70 bits per heavy atom. The lowest BCUT2D eigenvalue weighted by molar-refractivity contribution is 0.122. The molecule has 0 radical (unpaired) electrons. The molecular weight excluding hydrogens is 378 g/mol. The Morgan fingerprint density at radius 2 is 1.90 bits per heavy atom. The molecule has 4 aromatic rings. The van der Waals surface area contributed by atoms with Gasteiger partial charge in [-0.2, -0.15) is 0 Å². The summed E-state index contributed by atoms with van der Waals surface area (Å²) in [7, 11) is 0. The van der Waals surface area contributed by atoms with Crippen molar-refractivity contribution in [3.8, 4) is 0 Å². The molecule has 0 unspecified atom stereocenters. The van der Waals surface area contributed by atoms with E-state index in [1.807, 2.05) is 18.2 Å². The fourth-order valence-corrected chi connectivity index (χ4v) is 3.76. The van der Waals surface area contributed by atoms with E-state index in [1.165, 1.54) is 11.3 Å². The number of rotatable bonds is 7. The number of hydrogen-bond donors (Lipinski definition) is 2. The van der Waals surface area contributed by atoms with Crippen LogP contribution in [0.1, 0.15) is 17.1 Å². The minimum absolute atomic E-state index is 0.733. The quantitative estimate of drug-likeness (QED) is 0.489. The van der Waals surface area contributed by atoms with Crippen molar-refractivity contribution in [1.82, 2.24) is 15.0 Å². The van der Waals surface area contributed by atoms with Gasteiger partial charge < -0.3 is 24.4 Å². The fourth-order valence-electron chi connectivity index (χ4n) is 3.76. The average Bonchev–Trinajstić information content (AvgIpc) is 3.47. The van der Waals surface area contributed by atoms with Gasteiger partial charge in [0.05, 0.1) is 25.2 Å². The highest BCUT2D eigenvalue weighted by atomic mass is 16.5. The Morgan fingerprint density at radius 1 is 1.03 bits per heavy atom. The van der Waals surface area contributed by atoms with Gasteiger partial charge in [0.15, 0.2) is 5.65 Å². The summed E-state index contributed by atoms with van der Waals surface area (Å²) < 4.78 is 10.8. The van der Waals surface area contributed by atoms with E-state index in [1.54, 1.807) is 12.5 Å². The van der Waals surface area contributed by atoms with E-state index in [4.69, 9.17) is 9.15 Å². The van der Waals surface area contributed by atoms with Crippen LogP contribution in [0.5, 0.6) is 0 Å². The standard InChI is InChI=1S/C23H25N5O2/c1-2-19(30-13-1)7-8-21-26-22-20(9-10-24-23(22)27-21)25-16-17-3-5-18(6-4-17)28-11-14-29-15-12-28/h1-6,9-10,13H,7-8,11-12,14-16H2,(H2,24,25,26,27). The second-order valence-corrected chi connectivity index (χ2v) is 7.44. The summed E-state index contributed by atoms with van der Waals surface area (Å²) in [6.45, 7) is 4.25. The lowest BCUT2D eigenvalue weighted by Crippen LogP contribution is -2.36. The van der Waals surface area contributed by atoms with Crippen LogP contribution in [0.3, 0.4) is 0 Å². The fraction of sp³-hybridized carbons (Fsp3) is 0.304. The first-order valence-corrected chi connectivity index (χ1v) is 10.4. The monoisotopic (exact) mass is 403 g/mol. The lowest BCUT2D eigenvalue weighted by atomic mass is 10.2. The Balaban J connectivity index is 1.24.